The van der Waals surface area contributed by atoms with E-state index in [9.17, 15) is 5.11 Å². The molecule has 3 atom stereocenters. The van der Waals surface area contributed by atoms with Crippen LogP contribution >= 0.6 is 0 Å². The molecule has 0 radical (unpaired) electrons. The highest BCUT2D eigenvalue weighted by atomic mass is 16.3. The van der Waals surface area contributed by atoms with Gasteiger partial charge in [0.05, 0.1) is 6.10 Å². The Balaban J connectivity index is 1.83. The zero-order chi connectivity index (χ0) is 9.10. The van der Waals surface area contributed by atoms with Gasteiger partial charge in [0.1, 0.15) is 0 Å². The SMILES string of the molecule is OC(C1CCCCN1)C1CCCN1. The van der Waals surface area contributed by atoms with Gasteiger partial charge in [-0.15, -0.1) is 0 Å². The molecular weight excluding hydrogens is 164 g/mol. The molecule has 3 N–H and O–H groups in total. The highest BCUT2D eigenvalue weighted by Crippen LogP contribution is 2.17. The molecule has 0 spiro atoms. The first-order valence-corrected chi connectivity index (χ1v) is 5.53. The Morgan fingerprint density at radius 3 is 2.00 bits per heavy atom. The number of aliphatic hydroxyl groups is 1. The zero-order valence-corrected chi connectivity index (χ0v) is 8.13. The van der Waals surface area contributed by atoms with E-state index in [2.05, 4.69) is 10.6 Å². The van der Waals surface area contributed by atoms with Crippen LogP contribution in [0, 0.1) is 0 Å². The Labute approximate surface area is 79.9 Å². The van der Waals surface area contributed by atoms with E-state index < -0.39 is 0 Å². The minimum absolute atomic E-state index is 0.178. The first-order chi connectivity index (χ1) is 6.38. The Kier molecular flexibility index (Phi) is 3.19. The molecule has 0 bridgehead atoms. The molecule has 2 rings (SSSR count). The maximum absolute atomic E-state index is 10.0. The third-order valence-corrected chi connectivity index (χ3v) is 3.27. The van der Waals surface area contributed by atoms with Gasteiger partial charge in [-0.05, 0) is 38.8 Å². The van der Waals surface area contributed by atoms with Crippen molar-refractivity contribution < 1.29 is 5.11 Å². The predicted octanol–water partition coefficient (Wildman–Crippen LogP) is 0.241. The van der Waals surface area contributed by atoms with Gasteiger partial charge < -0.3 is 15.7 Å². The molecule has 3 nitrogen and oxygen atoms in total. The topological polar surface area (TPSA) is 44.3 Å². The summed E-state index contributed by atoms with van der Waals surface area (Å²) in [6.07, 6.45) is 5.85. The molecule has 3 unspecified atom stereocenters. The first kappa shape index (κ1) is 9.44. The molecule has 13 heavy (non-hydrogen) atoms. The molecule has 76 valence electrons. The Morgan fingerprint density at radius 2 is 1.54 bits per heavy atom. The average molecular weight is 184 g/mol. The summed E-state index contributed by atoms with van der Waals surface area (Å²) in [6.45, 7) is 2.16. The van der Waals surface area contributed by atoms with E-state index in [0.717, 1.165) is 25.9 Å². The van der Waals surface area contributed by atoms with Crippen molar-refractivity contribution in [2.24, 2.45) is 0 Å². The van der Waals surface area contributed by atoms with Crippen molar-refractivity contribution in [2.75, 3.05) is 13.1 Å². The molecule has 2 heterocycles. The molecular formula is C10H20N2O. The molecule has 0 aliphatic carbocycles. The van der Waals surface area contributed by atoms with Crippen LogP contribution in [0.25, 0.3) is 0 Å². The quantitative estimate of drug-likeness (QED) is 0.576. The summed E-state index contributed by atoms with van der Waals surface area (Å²) in [5.74, 6) is 0. The van der Waals surface area contributed by atoms with E-state index in [0.29, 0.717) is 12.1 Å². The second kappa shape index (κ2) is 4.40. The van der Waals surface area contributed by atoms with Crippen LogP contribution < -0.4 is 10.6 Å². The summed E-state index contributed by atoms with van der Waals surface area (Å²) in [5.41, 5.74) is 0. The van der Waals surface area contributed by atoms with Gasteiger partial charge in [-0.25, -0.2) is 0 Å². The molecule has 2 aliphatic heterocycles. The van der Waals surface area contributed by atoms with Gasteiger partial charge in [0.15, 0.2) is 0 Å². The number of rotatable bonds is 2. The van der Waals surface area contributed by atoms with Crippen molar-refractivity contribution in [3.8, 4) is 0 Å². The lowest BCUT2D eigenvalue weighted by atomic mass is 9.94. The number of piperidine rings is 1. The average Bonchev–Trinajstić information content (AvgIpc) is 2.71. The van der Waals surface area contributed by atoms with Gasteiger partial charge in [-0.2, -0.15) is 0 Å². The van der Waals surface area contributed by atoms with Gasteiger partial charge in [0.25, 0.3) is 0 Å². The van der Waals surface area contributed by atoms with Crippen LogP contribution in [0.4, 0.5) is 0 Å². The van der Waals surface area contributed by atoms with E-state index in [1.807, 2.05) is 0 Å². The fourth-order valence-corrected chi connectivity index (χ4v) is 2.45. The van der Waals surface area contributed by atoms with E-state index in [4.69, 9.17) is 0 Å². The molecule has 2 fully saturated rings. The first-order valence-electron chi connectivity index (χ1n) is 5.53. The van der Waals surface area contributed by atoms with Crippen molar-refractivity contribution >= 4 is 0 Å². The summed E-state index contributed by atoms with van der Waals surface area (Å²) in [5, 5.41) is 16.8. The van der Waals surface area contributed by atoms with Crippen molar-refractivity contribution in [2.45, 2.75) is 50.3 Å². The third kappa shape index (κ3) is 2.22. The van der Waals surface area contributed by atoms with Crippen LogP contribution in [0.2, 0.25) is 0 Å². The molecule has 0 amide bonds. The van der Waals surface area contributed by atoms with Crippen LogP contribution in [0.15, 0.2) is 0 Å². The van der Waals surface area contributed by atoms with Crippen LogP contribution in [-0.2, 0) is 0 Å². The fourth-order valence-electron chi connectivity index (χ4n) is 2.45. The van der Waals surface area contributed by atoms with E-state index >= 15 is 0 Å². The number of nitrogens with one attached hydrogen (secondary N) is 2. The number of hydrogen-bond donors (Lipinski definition) is 3. The third-order valence-electron chi connectivity index (χ3n) is 3.27. The molecule has 2 aliphatic rings. The van der Waals surface area contributed by atoms with E-state index in [1.54, 1.807) is 0 Å². The molecule has 3 heteroatoms. The van der Waals surface area contributed by atoms with Crippen molar-refractivity contribution in [3.63, 3.8) is 0 Å². The van der Waals surface area contributed by atoms with Gasteiger partial charge in [0, 0.05) is 12.1 Å². The molecule has 2 saturated heterocycles. The Morgan fingerprint density at radius 1 is 0.923 bits per heavy atom. The molecule has 0 aromatic heterocycles. The van der Waals surface area contributed by atoms with Crippen LogP contribution in [0.3, 0.4) is 0 Å². The van der Waals surface area contributed by atoms with Crippen molar-refractivity contribution in [1.82, 2.24) is 10.6 Å². The van der Waals surface area contributed by atoms with Crippen LogP contribution in [0.1, 0.15) is 32.1 Å². The maximum atomic E-state index is 10.0. The van der Waals surface area contributed by atoms with Gasteiger partial charge in [-0.3, -0.25) is 0 Å². The molecule has 0 saturated carbocycles. The highest BCUT2D eigenvalue weighted by Gasteiger charge is 2.30. The summed E-state index contributed by atoms with van der Waals surface area (Å²) < 4.78 is 0. The number of hydrogen-bond acceptors (Lipinski definition) is 3. The van der Waals surface area contributed by atoms with Crippen LogP contribution in [-0.4, -0.2) is 36.4 Å². The summed E-state index contributed by atoms with van der Waals surface area (Å²) >= 11 is 0. The fraction of sp³-hybridized carbons (Fsp3) is 1.00. The van der Waals surface area contributed by atoms with Gasteiger partial charge in [0.2, 0.25) is 0 Å². The molecule has 0 aromatic rings. The lowest BCUT2D eigenvalue weighted by molar-refractivity contribution is 0.0819. The summed E-state index contributed by atoms with van der Waals surface area (Å²) in [4.78, 5) is 0. The summed E-state index contributed by atoms with van der Waals surface area (Å²) in [6, 6.07) is 0.681. The minimum atomic E-state index is -0.178. The largest absolute Gasteiger partial charge is 0.390 e. The Bertz CT molecular complexity index is 151. The minimum Gasteiger partial charge on any atom is -0.390 e. The van der Waals surface area contributed by atoms with E-state index in [1.165, 1.54) is 19.3 Å². The second-order valence-corrected chi connectivity index (χ2v) is 4.25. The number of aliphatic hydroxyl groups excluding tert-OH is 1. The molecule has 0 aromatic carbocycles. The Hall–Kier alpha value is -0.120. The monoisotopic (exact) mass is 184 g/mol. The normalized spacial score (nSPS) is 37.6. The van der Waals surface area contributed by atoms with Crippen LogP contribution in [0.5, 0.6) is 0 Å². The van der Waals surface area contributed by atoms with Gasteiger partial charge in [-0.1, -0.05) is 6.42 Å². The lowest BCUT2D eigenvalue weighted by Crippen LogP contribution is -2.51. The second-order valence-electron chi connectivity index (χ2n) is 4.25. The standard InChI is InChI=1S/C10H20N2O/c13-10(9-5-3-7-12-9)8-4-1-2-6-11-8/h8-13H,1-7H2. The van der Waals surface area contributed by atoms with Gasteiger partial charge >= 0.3 is 0 Å². The zero-order valence-electron chi connectivity index (χ0n) is 8.13. The summed E-state index contributed by atoms with van der Waals surface area (Å²) in [7, 11) is 0. The smallest absolute Gasteiger partial charge is 0.0845 e. The highest BCUT2D eigenvalue weighted by molar-refractivity contribution is 4.90. The lowest BCUT2D eigenvalue weighted by Gasteiger charge is -2.31. The van der Waals surface area contributed by atoms with Crippen molar-refractivity contribution in [3.05, 3.63) is 0 Å². The predicted molar refractivity (Wildman–Crippen MR) is 52.7 cm³/mol. The van der Waals surface area contributed by atoms with E-state index in [-0.39, 0.29) is 6.10 Å². The maximum Gasteiger partial charge on any atom is 0.0845 e. The van der Waals surface area contributed by atoms with Crippen molar-refractivity contribution in [1.29, 1.82) is 0 Å².